The molecule has 1 N–H and O–H groups in total. The summed E-state index contributed by atoms with van der Waals surface area (Å²) in [6.07, 6.45) is 2.26. The maximum Gasteiger partial charge on any atom is 0.165 e. The van der Waals surface area contributed by atoms with E-state index >= 15 is 0 Å². The van der Waals surface area contributed by atoms with E-state index in [4.69, 9.17) is 4.74 Å². The number of halogens is 1. The summed E-state index contributed by atoms with van der Waals surface area (Å²) in [6.45, 7) is 7.33. The summed E-state index contributed by atoms with van der Waals surface area (Å²) in [5, 5.41) is 3.57. The van der Waals surface area contributed by atoms with E-state index in [1.54, 1.807) is 12.1 Å². The second-order valence-corrected chi connectivity index (χ2v) is 5.60. The Bertz CT molecular complexity index is 438. The van der Waals surface area contributed by atoms with Gasteiger partial charge in [-0.05, 0) is 44.0 Å². The molecule has 0 aliphatic carbocycles. The molecule has 2 unspecified atom stereocenters. The summed E-state index contributed by atoms with van der Waals surface area (Å²) < 4.78 is 18.7. The first-order valence-corrected chi connectivity index (χ1v) is 7.44. The largest absolute Gasteiger partial charge is 0.494 e. The minimum atomic E-state index is -0.280. The third-order valence-electron chi connectivity index (χ3n) is 4.17. The summed E-state index contributed by atoms with van der Waals surface area (Å²) in [4.78, 5) is 2.44. The molecular weight excluding hydrogens is 255 g/mol. The number of ether oxygens (including phenoxy) is 1. The first-order chi connectivity index (χ1) is 9.63. The molecule has 1 aliphatic rings. The number of nitrogens with zero attached hydrogens (tertiary/aromatic N) is 1. The molecule has 2 rings (SSSR count). The number of nitrogens with one attached hydrogen (secondary N) is 1. The molecule has 4 heteroatoms. The zero-order valence-electron chi connectivity index (χ0n) is 12.7. The van der Waals surface area contributed by atoms with Gasteiger partial charge in [-0.15, -0.1) is 0 Å². The zero-order valence-corrected chi connectivity index (χ0v) is 12.7. The van der Waals surface area contributed by atoms with E-state index in [0.29, 0.717) is 17.8 Å². The number of methoxy groups -OCH3 is 1. The van der Waals surface area contributed by atoms with Crippen LogP contribution in [-0.2, 0) is 6.54 Å². The van der Waals surface area contributed by atoms with Gasteiger partial charge < -0.3 is 10.1 Å². The molecule has 1 aromatic rings. The lowest BCUT2D eigenvalue weighted by molar-refractivity contribution is 0.194. The first kappa shape index (κ1) is 15.3. The van der Waals surface area contributed by atoms with Crippen molar-refractivity contribution in [3.63, 3.8) is 0 Å². The third kappa shape index (κ3) is 3.70. The van der Waals surface area contributed by atoms with Crippen LogP contribution in [0.25, 0.3) is 0 Å². The maximum absolute atomic E-state index is 13.8. The fraction of sp³-hybridized carbons (Fsp3) is 0.625. The first-order valence-electron chi connectivity index (χ1n) is 7.44. The monoisotopic (exact) mass is 280 g/mol. The van der Waals surface area contributed by atoms with Gasteiger partial charge in [-0.25, -0.2) is 4.39 Å². The SMILES string of the molecule is CCC1CN(Cc2ccc(OC)c(F)c2)C(C)CCN1. The molecule has 112 valence electrons. The van der Waals surface area contributed by atoms with Crippen molar-refractivity contribution < 1.29 is 9.13 Å². The van der Waals surface area contributed by atoms with Crippen LogP contribution < -0.4 is 10.1 Å². The van der Waals surface area contributed by atoms with Crippen molar-refractivity contribution in [1.29, 1.82) is 0 Å². The van der Waals surface area contributed by atoms with Gasteiger partial charge in [0.05, 0.1) is 7.11 Å². The highest BCUT2D eigenvalue weighted by Crippen LogP contribution is 2.20. The van der Waals surface area contributed by atoms with Crippen molar-refractivity contribution in [1.82, 2.24) is 10.2 Å². The fourth-order valence-electron chi connectivity index (χ4n) is 2.74. The van der Waals surface area contributed by atoms with E-state index in [0.717, 1.165) is 38.0 Å². The lowest BCUT2D eigenvalue weighted by Crippen LogP contribution is -2.39. The highest BCUT2D eigenvalue weighted by Gasteiger charge is 2.22. The smallest absolute Gasteiger partial charge is 0.165 e. The number of hydrogen-bond acceptors (Lipinski definition) is 3. The van der Waals surface area contributed by atoms with Gasteiger partial charge in [-0.3, -0.25) is 4.90 Å². The fourth-order valence-corrected chi connectivity index (χ4v) is 2.74. The average molecular weight is 280 g/mol. The molecule has 0 amide bonds. The molecule has 0 spiro atoms. The summed E-state index contributed by atoms with van der Waals surface area (Å²) >= 11 is 0. The maximum atomic E-state index is 13.8. The molecule has 3 nitrogen and oxygen atoms in total. The van der Waals surface area contributed by atoms with Crippen LogP contribution in [-0.4, -0.2) is 37.2 Å². The van der Waals surface area contributed by atoms with E-state index in [2.05, 4.69) is 24.1 Å². The Morgan fingerprint density at radius 1 is 1.45 bits per heavy atom. The summed E-state index contributed by atoms with van der Waals surface area (Å²) in [6, 6.07) is 6.30. The minimum Gasteiger partial charge on any atom is -0.494 e. The predicted molar refractivity (Wildman–Crippen MR) is 79.5 cm³/mol. The van der Waals surface area contributed by atoms with Crippen LogP contribution in [0, 0.1) is 5.82 Å². The number of hydrogen-bond donors (Lipinski definition) is 1. The van der Waals surface area contributed by atoms with Gasteiger partial charge in [-0.2, -0.15) is 0 Å². The molecule has 1 aliphatic heterocycles. The highest BCUT2D eigenvalue weighted by atomic mass is 19.1. The van der Waals surface area contributed by atoms with Crippen LogP contribution in [0.5, 0.6) is 5.75 Å². The van der Waals surface area contributed by atoms with Gasteiger partial charge in [-0.1, -0.05) is 13.0 Å². The van der Waals surface area contributed by atoms with Crippen molar-refractivity contribution in [2.45, 2.75) is 45.3 Å². The molecular formula is C16H25FN2O. The van der Waals surface area contributed by atoms with Crippen LogP contribution in [0.1, 0.15) is 32.3 Å². The summed E-state index contributed by atoms with van der Waals surface area (Å²) in [5.41, 5.74) is 1.01. The van der Waals surface area contributed by atoms with Crippen LogP contribution in [0.4, 0.5) is 4.39 Å². The van der Waals surface area contributed by atoms with Gasteiger partial charge in [0.15, 0.2) is 11.6 Å². The second kappa shape index (κ2) is 7.04. The molecule has 1 heterocycles. The summed E-state index contributed by atoms with van der Waals surface area (Å²) in [7, 11) is 1.49. The molecule has 1 fully saturated rings. The van der Waals surface area contributed by atoms with Crippen LogP contribution in [0.2, 0.25) is 0 Å². The van der Waals surface area contributed by atoms with E-state index in [-0.39, 0.29) is 5.82 Å². The highest BCUT2D eigenvalue weighted by molar-refractivity contribution is 5.29. The zero-order chi connectivity index (χ0) is 14.5. The van der Waals surface area contributed by atoms with Gasteiger partial charge in [0.25, 0.3) is 0 Å². The van der Waals surface area contributed by atoms with Gasteiger partial charge in [0, 0.05) is 25.2 Å². The quantitative estimate of drug-likeness (QED) is 0.918. The van der Waals surface area contributed by atoms with Crippen molar-refractivity contribution in [3.05, 3.63) is 29.6 Å². The second-order valence-electron chi connectivity index (χ2n) is 5.60. The van der Waals surface area contributed by atoms with Gasteiger partial charge in [0.2, 0.25) is 0 Å². The van der Waals surface area contributed by atoms with Crippen molar-refractivity contribution in [2.75, 3.05) is 20.2 Å². The minimum absolute atomic E-state index is 0.280. The Morgan fingerprint density at radius 2 is 2.25 bits per heavy atom. The molecule has 1 saturated heterocycles. The standard InChI is InChI=1S/C16H25FN2O/c1-4-14-11-19(12(2)7-8-18-14)10-13-5-6-16(20-3)15(17)9-13/h5-6,9,12,14,18H,4,7-8,10-11H2,1-3H3. The van der Waals surface area contributed by atoms with Crippen molar-refractivity contribution in [3.8, 4) is 5.75 Å². The van der Waals surface area contributed by atoms with E-state index < -0.39 is 0 Å². The Hall–Kier alpha value is -1.13. The molecule has 0 saturated carbocycles. The predicted octanol–water partition coefficient (Wildman–Crippen LogP) is 2.80. The molecule has 2 atom stereocenters. The van der Waals surface area contributed by atoms with Crippen LogP contribution in [0.3, 0.4) is 0 Å². The third-order valence-corrected chi connectivity index (χ3v) is 4.17. The van der Waals surface area contributed by atoms with Crippen LogP contribution >= 0.6 is 0 Å². The molecule has 0 bridgehead atoms. The van der Waals surface area contributed by atoms with E-state index in [1.807, 2.05) is 6.07 Å². The van der Waals surface area contributed by atoms with Gasteiger partial charge >= 0.3 is 0 Å². The molecule has 1 aromatic carbocycles. The normalized spacial score (nSPS) is 24.4. The molecule has 0 radical (unpaired) electrons. The molecule has 20 heavy (non-hydrogen) atoms. The topological polar surface area (TPSA) is 24.5 Å². The van der Waals surface area contributed by atoms with Crippen LogP contribution in [0.15, 0.2) is 18.2 Å². The lowest BCUT2D eigenvalue weighted by Gasteiger charge is -2.29. The van der Waals surface area contributed by atoms with Gasteiger partial charge in [0.1, 0.15) is 0 Å². The Labute approximate surface area is 121 Å². The number of rotatable bonds is 4. The lowest BCUT2D eigenvalue weighted by atomic mass is 10.1. The van der Waals surface area contributed by atoms with Crippen molar-refractivity contribution in [2.24, 2.45) is 0 Å². The number of benzene rings is 1. The average Bonchev–Trinajstić information content (AvgIpc) is 2.61. The Morgan fingerprint density at radius 3 is 2.90 bits per heavy atom. The Balaban J connectivity index is 2.08. The van der Waals surface area contributed by atoms with Crippen molar-refractivity contribution >= 4 is 0 Å². The summed E-state index contributed by atoms with van der Waals surface area (Å²) in [5.74, 6) is 0.0309. The van der Waals surface area contributed by atoms with E-state index in [9.17, 15) is 4.39 Å². The molecule has 0 aromatic heterocycles. The van der Waals surface area contributed by atoms with E-state index in [1.165, 1.54) is 7.11 Å². The Kier molecular flexibility index (Phi) is 5.38.